The van der Waals surface area contributed by atoms with Crippen molar-refractivity contribution in [1.29, 1.82) is 0 Å². The first-order valence-electron chi connectivity index (χ1n) is 13.1. The Bertz CT molecular complexity index is 1530. The van der Waals surface area contributed by atoms with Crippen LogP contribution in [-0.4, -0.2) is 40.9 Å². The fraction of sp³-hybridized carbons (Fsp3) is 0.300. The zero-order chi connectivity index (χ0) is 25.9. The second kappa shape index (κ2) is 8.77. The summed E-state index contributed by atoms with van der Waals surface area (Å²) in [6.07, 6.45) is 3.97. The first kappa shape index (κ1) is 23.1. The fourth-order valence-electron chi connectivity index (χ4n) is 6.19. The highest BCUT2D eigenvalue weighted by molar-refractivity contribution is 6.01. The van der Waals surface area contributed by atoms with E-state index in [1.807, 2.05) is 41.3 Å². The van der Waals surface area contributed by atoms with Gasteiger partial charge in [-0.3, -0.25) is 14.5 Å². The molecule has 7 nitrogen and oxygen atoms in total. The Morgan fingerprint density at radius 1 is 1.00 bits per heavy atom. The second-order valence-corrected chi connectivity index (χ2v) is 10.5. The van der Waals surface area contributed by atoms with Crippen molar-refractivity contribution in [3.8, 4) is 5.69 Å². The normalized spacial score (nSPS) is 23.6. The van der Waals surface area contributed by atoms with Crippen LogP contribution in [0.25, 0.3) is 16.6 Å². The molecule has 3 fully saturated rings. The number of halogens is 1. The molecule has 0 spiro atoms. The zero-order valence-corrected chi connectivity index (χ0v) is 20.7. The van der Waals surface area contributed by atoms with Gasteiger partial charge in [-0.15, -0.1) is 0 Å². The van der Waals surface area contributed by atoms with E-state index in [-0.39, 0.29) is 41.9 Å². The standard InChI is InChI=1S/C30H27FN4O3/c31-23-8-10-24(11-9-23)35-26-13-12-25(14-19(26)16-32-35)34-28(36)15-27(33-29(37)20-17-38-18-20)30(34,22-6-7-22)21-4-2-1-3-5-21/h1-5,8-14,16,20,22,27H,6-7,15,17-18H2,(H,33,37). The Morgan fingerprint density at radius 3 is 2.42 bits per heavy atom. The predicted octanol–water partition coefficient (Wildman–Crippen LogP) is 4.34. The maximum Gasteiger partial charge on any atom is 0.230 e. The van der Waals surface area contributed by atoms with Gasteiger partial charge in [0.25, 0.3) is 0 Å². The van der Waals surface area contributed by atoms with E-state index in [2.05, 4.69) is 22.5 Å². The molecule has 2 saturated heterocycles. The average molecular weight is 511 g/mol. The summed E-state index contributed by atoms with van der Waals surface area (Å²) in [6, 6.07) is 21.8. The monoisotopic (exact) mass is 510 g/mol. The number of hydrogen-bond acceptors (Lipinski definition) is 4. The van der Waals surface area contributed by atoms with Gasteiger partial charge in [0.05, 0.1) is 54.5 Å². The summed E-state index contributed by atoms with van der Waals surface area (Å²) in [7, 11) is 0. The van der Waals surface area contributed by atoms with Crippen molar-refractivity contribution in [3.63, 3.8) is 0 Å². The lowest BCUT2D eigenvalue weighted by molar-refractivity contribution is -0.140. The summed E-state index contributed by atoms with van der Waals surface area (Å²) < 4.78 is 20.5. The molecule has 3 heterocycles. The molecule has 2 unspecified atom stereocenters. The molecule has 4 aromatic rings. The molecule has 2 atom stereocenters. The van der Waals surface area contributed by atoms with Gasteiger partial charge in [-0.25, -0.2) is 9.07 Å². The summed E-state index contributed by atoms with van der Waals surface area (Å²) >= 11 is 0. The molecule has 7 rings (SSSR count). The Morgan fingerprint density at radius 2 is 1.74 bits per heavy atom. The van der Waals surface area contributed by atoms with Crippen molar-refractivity contribution < 1.29 is 18.7 Å². The third-order valence-corrected chi connectivity index (χ3v) is 8.17. The fourth-order valence-corrected chi connectivity index (χ4v) is 6.19. The molecule has 1 N–H and O–H groups in total. The SMILES string of the molecule is O=C(NC1CC(=O)N(c2ccc3c(cnn3-c3ccc(F)cc3)c2)C1(c1ccccc1)C1CC1)C1COC1. The van der Waals surface area contributed by atoms with E-state index in [0.717, 1.165) is 40.7 Å². The Hall–Kier alpha value is -4.04. The first-order chi connectivity index (χ1) is 18.6. The maximum atomic E-state index is 13.8. The van der Waals surface area contributed by atoms with Crippen LogP contribution in [0.3, 0.4) is 0 Å². The van der Waals surface area contributed by atoms with Crippen LogP contribution in [0.5, 0.6) is 0 Å². The lowest BCUT2D eigenvalue weighted by atomic mass is 9.78. The molecule has 1 saturated carbocycles. The van der Waals surface area contributed by atoms with Gasteiger partial charge >= 0.3 is 0 Å². The predicted molar refractivity (Wildman–Crippen MR) is 140 cm³/mol. The minimum atomic E-state index is -0.681. The number of nitrogens with zero attached hydrogens (tertiary/aromatic N) is 3. The van der Waals surface area contributed by atoms with Crippen LogP contribution in [0.2, 0.25) is 0 Å². The number of fused-ring (bicyclic) bond motifs is 1. The van der Waals surface area contributed by atoms with E-state index in [0.29, 0.717) is 13.2 Å². The number of rotatable bonds is 6. The molecule has 192 valence electrons. The third kappa shape index (κ3) is 3.55. The summed E-state index contributed by atoms with van der Waals surface area (Å²) in [4.78, 5) is 28.8. The summed E-state index contributed by atoms with van der Waals surface area (Å²) in [5.41, 5.74) is 2.75. The van der Waals surface area contributed by atoms with E-state index in [1.54, 1.807) is 23.0 Å². The Labute approximate surface area is 219 Å². The largest absolute Gasteiger partial charge is 0.380 e. The van der Waals surface area contributed by atoms with Gasteiger partial charge in [-0.1, -0.05) is 30.3 Å². The number of nitrogens with one attached hydrogen (secondary N) is 1. The topological polar surface area (TPSA) is 76.5 Å². The maximum absolute atomic E-state index is 13.8. The van der Waals surface area contributed by atoms with Crippen LogP contribution in [0.4, 0.5) is 10.1 Å². The van der Waals surface area contributed by atoms with Crippen molar-refractivity contribution in [1.82, 2.24) is 15.1 Å². The Balaban J connectivity index is 1.33. The number of carbonyl (C=O) groups excluding carboxylic acids is 2. The molecule has 0 bridgehead atoms. The molecule has 8 heteroatoms. The molecule has 1 aromatic heterocycles. The van der Waals surface area contributed by atoms with Gasteiger partial charge in [-0.05, 0) is 66.8 Å². The second-order valence-electron chi connectivity index (χ2n) is 10.5. The van der Waals surface area contributed by atoms with Crippen LogP contribution < -0.4 is 10.2 Å². The van der Waals surface area contributed by atoms with E-state index in [1.165, 1.54) is 12.1 Å². The van der Waals surface area contributed by atoms with E-state index >= 15 is 0 Å². The summed E-state index contributed by atoms with van der Waals surface area (Å²) in [6.45, 7) is 0.847. The molecule has 3 aliphatic rings. The zero-order valence-electron chi connectivity index (χ0n) is 20.7. The van der Waals surface area contributed by atoms with E-state index in [9.17, 15) is 14.0 Å². The third-order valence-electron chi connectivity index (χ3n) is 8.17. The van der Waals surface area contributed by atoms with Gasteiger partial charge < -0.3 is 10.1 Å². The molecule has 0 radical (unpaired) electrons. The highest BCUT2D eigenvalue weighted by Gasteiger charge is 2.62. The van der Waals surface area contributed by atoms with Crippen molar-refractivity contribution in [3.05, 3.63) is 90.4 Å². The van der Waals surface area contributed by atoms with Crippen LogP contribution in [-0.2, 0) is 19.9 Å². The van der Waals surface area contributed by atoms with Gasteiger partial charge in [0, 0.05) is 11.1 Å². The molecular formula is C30H27FN4O3. The average Bonchev–Trinajstić information content (AvgIpc) is 3.59. The summed E-state index contributed by atoms with van der Waals surface area (Å²) in [5.74, 6) is -0.296. The number of hydrogen-bond donors (Lipinski definition) is 1. The van der Waals surface area contributed by atoms with E-state index < -0.39 is 5.54 Å². The quantitative estimate of drug-likeness (QED) is 0.419. The highest BCUT2D eigenvalue weighted by atomic mass is 19.1. The van der Waals surface area contributed by atoms with Gasteiger partial charge in [0.15, 0.2) is 0 Å². The number of carbonyl (C=O) groups is 2. The van der Waals surface area contributed by atoms with Gasteiger partial charge in [-0.2, -0.15) is 5.10 Å². The molecule has 1 aliphatic carbocycles. The van der Waals surface area contributed by atoms with Crippen molar-refractivity contribution >= 4 is 28.4 Å². The molecule has 2 amide bonds. The van der Waals surface area contributed by atoms with E-state index in [4.69, 9.17) is 4.74 Å². The minimum absolute atomic E-state index is 0.0128. The molecule has 2 aliphatic heterocycles. The number of aromatic nitrogens is 2. The van der Waals surface area contributed by atoms with Crippen molar-refractivity contribution in [2.45, 2.75) is 30.8 Å². The number of ether oxygens (including phenoxy) is 1. The highest BCUT2D eigenvalue weighted by Crippen LogP contribution is 2.56. The molecule has 3 aromatic carbocycles. The van der Waals surface area contributed by atoms with Crippen molar-refractivity contribution in [2.24, 2.45) is 11.8 Å². The van der Waals surface area contributed by atoms with Crippen LogP contribution in [0.15, 0.2) is 79.0 Å². The lowest BCUT2D eigenvalue weighted by Crippen LogP contribution is -2.58. The number of benzene rings is 3. The molecular weight excluding hydrogens is 483 g/mol. The number of anilines is 1. The van der Waals surface area contributed by atoms with Crippen LogP contribution in [0.1, 0.15) is 24.8 Å². The number of amides is 2. The minimum Gasteiger partial charge on any atom is -0.380 e. The van der Waals surface area contributed by atoms with Crippen LogP contribution in [0, 0.1) is 17.7 Å². The molecule has 38 heavy (non-hydrogen) atoms. The first-order valence-corrected chi connectivity index (χ1v) is 13.1. The van der Waals surface area contributed by atoms with Gasteiger partial charge in [0.1, 0.15) is 5.82 Å². The smallest absolute Gasteiger partial charge is 0.230 e. The Kier molecular flexibility index (Phi) is 5.33. The summed E-state index contributed by atoms with van der Waals surface area (Å²) in [5, 5.41) is 8.67. The van der Waals surface area contributed by atoms with Gasteiger partial charge in [0.2, 0.25) is 11.8 Å². The van der Waals surface area contributed by atoms with Crippen LogP contribution >= 0.6 is 0 Å². The lowest BCUT2D eigenvalue weighted by Gasteiger charge is -2.44. The van der Waals surface area contributed by atoms with Crippen molar-refractivity contribution in [2.75, 3.05) is 18.1 Å².